The van der Waals surface area contributed by atoms with Gasteiger partial charge >= 0.3 is 11.9 Å². The van der Waals surface area contributed by atoms with E-state index in [2.05, 4.69) is 25.6 Å². The molecule has 10 nitrogen and oxygen atoms in total. The van der Waals surface area contributed by atoms with Gasteiger partial charge in [-0.15, -0.1) is 10.1 Å². The topological polar surface area (TPSA) is 127 Å². The maximum Gasteiger partial charge on any atom is 0.343 e. The van der Waals surface area contributed by atoms with Gasteiger partial charge in [0.15, 0.2) is 0 Å². The fraction of sp³-hybridized carbons (Fsp3) is 0.500. The lowest BCUT2D eigenvalue weighted by Crippen LogP contribution is -2.32. The molecule has 24 heavy (non-hydrogen) atoms. The normalized spacial score (nSPS) is 16.9. The summed E-state index contributed by atoms with van der Waals surface area (Å²) in [5, 5.41) is 1.02. The van der Waals surface area contributed by atoms with Crippen LogP contribution < -0.4 is 0 Å². The summed E-state index contributed by atoms with van der Waals surface area (Å²) in [4.78, 5) is 73.7. The van der Waals surface area contributed by atoms with Crippen LogP contribution in [0.5, 0.6) is 0 Å². The van der Waals surface area contributed by atoms with E-state index in [4.69, 9.17) is 0 Å². The largest absolute Gasteiger partial charge is 0.343 e. The number of amides is 4. The molecule has 0 N–H and O–H groups in total. The molecule has 0 saturated carbocycles. The van der Waals surface area contributed by atoms with Gasteiger partial charge in [0.1, 0.15) is 9.76 Å². The van der Waals surface area contributed by atoms with Crippen LogP contribution in [-0.2, 0) is 38.4 Å². The molecule has 0 bridgehead atoms. The fourth-order valence-corrected chi connectivity index (χ4v) is 1.81. The zero-order valence-electron chi connectivity index (χ0n) is 12.2. The molecule has 2 rings (SSSR count). The Morgan fingerprint density at radius 2 is 1.17 bits per heavy atom. The molecular weight excluding hydrogens is 507 g/mol. The Morgan fingerprint density at radius 3 is 1.46 bits per heavy atom. The molecular formula is C12H12BrIN2O8. The Hall–Kier alpha value is -1.57. The van der Waals surface area contributed by atoms with Crippen molar-refractivity contribution >= 4 is 74.1 Å². The van der Waals surface area contributed by atoms with Crippen LogP contribution in [0.4, 0.5) is 0 Å². The van der Waals surface area contributed by atoms with Crippen molar-refractivity contribution in [3.8, 4) is 0 Å². The Balaban J connectivity index is 0.000000240. The molecule has 0 unspecified atom stereocenters. The van der Waals surface area contributed by atoms with Crippen molar-refractivity contribution in [1.82, 2.24) is 10.1 Å². The molecule has 0 atom stereocenters. The van der Waals surface area contributed by atoms with E-state index in [0.29, 0.717) is 10.1 Å². The van der Waals surface area contributed by atoms with E-state index in [-0.39, 0.29) is 35.4 Å². The first kappa shape index (κ1) is 20.5. The molecule has 0 aromatic carbocycles. The van der Waals surface area contributed by atoms with Crippen LogP contribution in [0.2, 0.25) is 0 Å². The summed E-state index contributed by atoms with van der Waals surface area (Å²) >= 11 is 4.63. The predicted molar refractivity (Wildman–Crippen MR) is 87.0 cm³/mol. The number of nitrogens with zero attached hydrogens (tertiary/aromatic N) is 2. The van der Waals surface area contributed by atoms with Gasteiger partial charge in [-0.1, -0.05) is 38.5 Å². The first-order valence-electron chi connectivity index (χ1n) is 6.55. The number of hydrogen-bond acceptors (Lipinski definition) is 8. The zero-order chi connectivity index (χ0) is 18.3. The van der Waals surface area contributed by atoms with Gasteiger partial charge in [0.2, 0.25) is 0 Å². The molecule has 12 heteroatoms. The fourth-order valence-electron chi connectivity index (χ4n) is 1.57. The molecule has 0 spiro atoms. The third kappa shape index (κ3) is 5.81. The van der Waals surface area contributed by atoms with Crippen LogP contribution in [0.15, 0.2) is 0 Å². The van der Waals surface area contributed by atoms with Crippen molar-refractivity contribution in [2.24, 2.45) is 0 Å². The van der Waals surface area contributed by atoms with Crippen molar-refractivity contribution in [3.63, 3.8) is 0 Å². The third-order valence-corrected chi connectivity index (χ3v) is 3.70. The minimum atomic E-state index is -0.654. The van der Waals surface area contributed by atoms with E-state index >= 15 is 0 Å². The number of carbonyl (C=O) groups excluding carboxylic acids is 6. The first-order chi connectivity index (χ1) is 11.3. The minimum Gasteiger partial charge on any atom is -0.330 e. The van der Waals surface area contributed by atoms with E-state index < -0.39 is 35.6 Å². The second-order valence-corrected chi connectivity index (χ2v) is 5.68. The highest BCUT2D eigenvalue weighted by atomic mass is 127. The molecule has 2 fully saturated rings. The zero-order valence-corrected chi connectivity index (χ0v) is 15.9. The number of imide groups is 2. The number of alkyl halides is 2. The van der Waals surface area contributed by atoms with Gasteiger partial charge in [-0.25, -0.2) is 9.59 Å². The average Bonchev–Trinajstić information content (AvgIpc) is 3.05. The molecule has 0 radical (unpaired) electrons. The molecule has 2 heterocycles. The Bertz CT molecular complexity index is 499. The van der Waals surface area contributed by atoms with E-state index in [0.717, 1.165) is 0 Å². The quantitative estimate of drug-likeness (QED) is 0.289. The summed E-state index contributed by atoms with van der Waals surface area (Å²) in [6.07, 6.45) is 0.503. The summed E-state index contributed by atoms with van der Waals surface area (Å²) in [7, 11) is 0. The molecule has 2 aliphatic heterocycles. The van der Waals surface area contributed by atoms with Crippen LogP contribution in [0.1, 0.15) is 25.7 Å². The van der Waals surface area contributed by atoms with Crippen molar-refractivity contribution in [3.05, 3.63) is 0 Å². The Morgan fingerprint density at radius 1 is 0.833 bits per heavy atom. The van der Waals surface area contributed by atoms with Gasteiger partial charge in [0, 0.05) is 25.7 Å². The molecule has 132 valence electrons. The maximum absolute atomic E-state index is 10.9. The van der Waals surface area contributed by atoms with Gasteiger partial charge in [-0.2, -0.15) is 0 Å². The van der Waals surface area contributed by atoms with Crippen LogP contribution >= 0.6 is 38.5 Å². The highest BCUT2D eigenvalue weighted by Gasteiger charge is 2.33. The van der Waals surface area contributed by atoms with Gasteiger partial charge in [0.25, 0.3) is 23.6 Å². The van der Waals surface area contributed by atoms with Crippen molar-refractivity contribution < 1.29 is 38.4 Å². The van der Waals surface area contributed by atoms with E-state index in [1.807, 2.05) is 0 Å². The second kappa shape index (κ2) is 9.66. The summed E-state index contributed by atoms with van der Waals surface area (Å²) in [5.74, 6) is -3.06. The Kier molecular flexibility index (Phi) is 8.24. The smallest absolute Gasteiger partial charge is 0.330 e. The van der Waals surface area contributed by atoms with Crippen molar-refractivity contribution in [1.29, 1.82) is 0 Å². The van der Waals surface area contributed by atoms with Gasteiger partial charge in [-0.05, 0) is 0 Å². The third-order valence-electron chi connectivity index (χ3n) is 2.62. The summed E-state index contributed by atoms with van der Waals surface area (Å²) in [6, 6.07) is 0. The summed E-state index contributed by atoms with van der Waals surface area (Å²) < 4.78 is 0.120. The van der Waals surface area contributed by atoms with E-state index in [1.54, 1.807) is 22.6 Å². The molecule has 2 saturated heterocycles. The van der Waals surface area contributed by atoms with Gasteiger partial charge in [-0.3, -0.25) is 19.2 Å². The summed E-state index contributed by atoms with van der Waals surface area (Å²) in [5.41, 5.74) is 0. The van der Waals surface area contributed by atoms with Crippen LogP contribution in [-0.4, -0.2) is 55.5 Å². The molecule has 0 aromatic heterocycles. The lowest BCUT2D eigenvalue weighted by molar-refractivity contribution is -0.195. The first-order valence-corrected chi connectivity index (χ1v) is 9.20. The van der Waals surface area contributed by atoms with Gasteiger partial charge in [0.05, 0.1) is 0 Å². The second-order valence-electron chi connectivity index (χ2n) is 4.36. The van der Waals surface area contributed by atoms with Crippen molar-refractivity contribution in [2.75, 3.05) is 9.76 Å². The minimum absolute atomic E-state index is 0.0376. The van der Waals surface area contributed by atoms with Crippen LogP contribution in [0.3, 0.4) is 0 Å². The predicted octanol–water partition coefficient (Wildman–Crippen LogP) is 0.0171. The van der Waals surface area contributed by atoms with E-state index in [1.165, 1.54) is 0 Å². The number of rotatable bonds is 4. The Labute approximate surface area is 158 Å². The lowest BCUT2D eigenvalue weighted by atomic mass is 10.4. The highest BCUT2D eigenvalue weighted by molar-refractivity contribution is 14.1. The van der Waals surface area contributed by atoms with Crippen LogP contribution in [0.25, 0.3) is 0 Å². The monoisotopic (exact) mass is 518 g/mol. The number of hydrogen-bond donors (Lipinski definition) is 0. The summed E-state index contributed by atoms with van der Waals surface area (Å²) in [6.45, 7) is 0. The highest BCUT2D eigenvalue weighted by Crippen LogP contribution is 2.13. The molecule has 0 aliphatic carbocycles. The van der Waals surface area contributed by atoms with Gasteiger partial charge < -0.3 is 9.68 Å². The SMILES string of the molecule is O=C(CBr)ON1C(=O)CCC1=O.O=C(CI)ON1C(=O)CCC1=O. The average molecular weight is 519 g/mol. The molecule has 4 amide bonds. The number of halogens is 2. The molecule has 2 aliphatic rings. The molecule has 0 aromatic rings. The lowest BCUT2D eigenvalue weighted by Gasteiger charge is -2.10. The standard InChI is InChI=1S/C6H6BrNO4.C6H6INO4/c2*7-3-6(11)12-8-4(9)1-2-5(8)10/h2*1-3H2. The number of hydroxylamine groups is 4. The van der Waals surface area contributed by atoms with Crippen LogP contribution in [0, 0.1) is 0 Å². The maximum atomic E-state index is 10.9. The van der Waals surface area contributed by atoms with E-state index in [9.17, 15) is 28.8 Å². The van der Waals surface area contributed by atoms with Crippen molar-refractivity contribution in [2.45, 2.75) is 25.7 Å². The number of carbonyl (C=O) groups is 6.